The number of nitrogens with one attached hydrogen (secondary N) is 1. The maximum absolute atomic E-state index is 11.3. The van der Waals surface area contributed by atoms with Crippen LogP contribution in [0, 0.1) is 5.92 Å². The van der Waals surface area contributed by atoms with Crippen molar-refractivity contribution in [3.8, 4) is 0 Å². The van der Waals surface area contributed by atoms with Crippen LogP contribution in [0.2, 0.25) is 0 Å². The number of nitrogens with zero attached hydrogens (tertiary/aromatic N) is 1. The zero-order valence-corrected chi connectivity index (χ0v) is 7.91. The van der Waals surface area contributed by atoms with Gasteiger partial charge in [-0.05, 0) is 12.3 Å². The van der Waals surface area contributed by atoms with E-state index < -0.39 is 6.04 Å². The molecule has 0 aliphatic carbocycles. The van der Waals surface area contributed by atoms with Crippen LogP contribution in [0.5, 0.6) is 0 Å². The van der Waals surface area contributed by atoms with Gasteiger partial charge in [0.05, 0.1) is 0 Å². The molecule has 0 radical (unpaired) electrons. The summed E-state index contributed by atoms with van der Waals surface area (Å²) < 4.78 is 0. The summed E-state index contributed by atoms with van der Waals surface area (Å²) in [6, 6.07) is -0.402. The molecule has 0 aromatic heterocycles. The van der Waals surface area contributed by atoms with Gasteiger partial charge < -0.3 is 4.90 Å². The van der Waals surface area contributed by atoms with Crippen LogP contribution in [0.15, 0.2) is 0 Å². The molecular weight excluding hydrogens is 170 g/mol. The third kappa shape index (κ3) is 1.98. The largest absolute Gasteiger partial charge is 0.334 e. The van der Waals surface area contributed by atoms with Gasteiger partial charge in [0.2, 0.25) is 5.91 Å². The van der Waals surface area contributed by atoms with Crippen LogP contribution in [0.4, 0.5) is 0 Å². The molecule has 0 unspecified atom stereocenters. The Morgan fingerprint density at radius 1 is 1.69 bits per heavy atom. The molecule has 1 fully saturated rings. The summed E-state index contributed by atoms with van der Waals surface area (Å²) in [5.74, 6) is 4.99. The molecule has 0 spiro atoms. The number of likely N-dealkylation sites (N-methyl/N-ethyl adjacent to an activating group) is 1. The molecule has 1 rings (SSSR count). The van der Waals surface area contributed by atoms with Gasteiger partial charge in [0, 0.05) is 13.5 Å². The Balaban J connectivity index is 2.71. The molecule has 0 aromatic carbocycles. The van der Waals surface area contributed by atoms with Gasteiger partial charge in [0.15, 0.2) is 0 Å². The molecule has 3 N–H and O–H groups in total. The van der Waals surface area contributed by atoms with E-state index in [0.717, 1.165) is 0 Å². The van der Waals surface area contributed by atoms with Crippen LogP contribution < -0.4 is 11.3 Å². The van der Waals surface area contributed by atoms with Crippen molar-refractivity contribution < 1.29 is 9.59 Å². The SMILES string of the molecule is C[C@@H]1CC(=O)N(C)[C@H](C(=O)NN)C1. The molecule has 2 atom stereocenters. The number of rotatable bonds is 1. The number of carbonyl (C=O) groups excluding carboxylic acids is 2. The Labute approximate surface area is 77.2 Å². The Morgan fingerprint density at radius 3 is 2.85 bits per heavy atom. The zero-order valence-electron chi connectivity index (χ0n) is 7.91. The molecule has 2 amide bonds. The minimum absolute atomic E-state index is 0.00681. The van der Waals surface area contributed by atoms with Crippen molar-refractivity contribution in [2.45, 2.75) is 25.8 Å². The number of hydrazine groups is 1. The molecule has 1 heterocycles. The predicted octanol–water partition coefficient (Wildman–Crippen LogP) is -0.767. The van der Waals surface area contributed by atoms with Gasteiger partial charge in [-0.25, -0.2) is 5.84 Å². The van der Waals surface area contributed by atoms with Crippen molar-refractivity contribution in [3.05, 3.63) is 0 Å². The van der Waals surface area contributed by atoms with Crippen molar-refractivity contribution in [1.82, 2.24) is 10.3 Å². The van der Waals surface area contributed by atoms with E-state index >= 15 is 0 Å². The van der Waals surface area contributed by atoms with Crippen molar-refractivity contribution in [2.75, 3.05) is 7.05 Å². The molecule has 1 aliphatic rings. The first kappa shape index (κ1) is 9.98. The summed E-state index contributed by atoms with van der Waals surface area (Å²) in [5, 5.41) is 0. The average molecular weight is 185 g/mol. The Morgan fingerprint density at radius 2 is 2.31 bits per heavy atom. The molecule has 74 valence electrons. The fourth-order valence-electron chi connectivity index (χ4n) is 1.62. The third-order valence-electron chi connectivity index (χ3n) is 2.45. The standard InChI is InChI=1S/C8H15N3O2/c1-5-3-6(8(13)10-9)11(2)7(12)4-5/h5-6H,3-4,9H2,1-2H3,(H,10,13)/t5-,6-/m0/s1. The lowest BCUT2D eigenvalue weighted by atomic mass is 9.92. The van der Waals surface area contributed by atoms with Crippen molar-refractivity contribution >= 4 is 11.8 Å². The number of amides is 2. The summed E-state index contributed by atoms with van der Waals surface area (Å²) in [6.45, 7) is 1.96. The second-order valence-electron chi connectivity index (χ2n) is 3.57. The lowest BCUT2D eigenvalue weighted by Crippen LogP contribution is -2.53. The van der Waals surface area contributed by atoms with Crippen LogP contribution in [0.1, 0.15) is 19.8 Å². The molecule has 0 aromatic rings. The average Bonchev–Trinajstić information content (AvgIpc) is 2.10. The maximum Gasteiger partial charge on any atom is 0.256 e. The van der Waals surface area contributed by atoms with Gasteiger partial charge in [-0.1, -0.05) is 6.92 Å². The Kier molecular flexibility index (Phi) is 2.87. The van der Waals surface area contributed by atoms with Gasteiger partial charge in [0.25, 0.3) is 5.91 Å². The molecule has 0 bridgehead atoms. The minimum atomic E-state index is -0.402. The molecule has 0 saturated carbocycles. The van der Waals surface area contributed by atoms with Crippen LogP contribution >= 0.6 is 0 Å². The van der Waals surface area contributed by atoms with Crippen LogP contribution in [0.25, 0.3) is 0 Å². The quantitative estimate of drug-likeness (QED) is 0.320. The highest BCUT2D eigenvalue weighted by Gasteiger charge is 2.33. The second kappa shape index (κ2) is 3.74. The van der Waals surface area contributed by atoms with Gasteiger partial charge >= 0.3 is 0 Å². The fraction of sp³-hybridized carbons (Fsp3) is 0.750. The molecular formula is C8H15N3O2. The van der Waals surface area contributed by atoms with Gasteiger partial charge in [-0.2, -0.15) is 0 Å². The Bertz CT molecular complexity index is 229. The van der Waals surface area contributed by atoms with E-state index in [2.05, 4.69) is 5.43 Å². The fourth-order valence-corrected chi connectivity index (χ4v) is 1.62. The first-order valence-corrected chi connectivity index (χ1v) is 4.32. The number of hydrogen-bond donors (Lipinski definition) is 2. The van der Waals surface area contributed by atoms with E-state index in [1.54, 1.807) is 7.05 Å². The van der Waals surface area contributed by atoms with Gasteiger partial charge in [-0.3, -0.25) is 15.0 Å². The lowest BCUT2D eigenvalue weighted by Gasteiger charge is -2.34. The molecule has 1 saturated heterocycles. The van der Waals surface area contributed by atoms with Crippen molar-refractivity contribution in [1.29, 1.82) is 0 Å². The minimum Gasteiger partial charge on any atom is -0.334 e. The van der Waals surface area contributed by atoms with Crippen molar-refractivity contribution in [3.63, 3.8) is 0 Å². The monoisotopic (exact) mass is 185 g/mol. The number of piperidine rings is 1. The van der Waals surface area contributed by atoms with Crippen LogP contribution in [0.3, 0.4) is 0 Å². The Hall–Kier alpha value is -1.10. The number of hydrogen-bond acceptors (Lipinski definition) is 3. The summed E-state index contributed by atoms with van der Waals surface area (Å²) in [4.78, 5) is 24.0. The van der Waals surface area contributed by atoms with E-state index in [1.807, 2.05) is 6.92 Å². The van der Waals surface area contributed by atoms with E-state index in [-0.39, 0.29) is 17.7 Å². The smallest absolute Gasteiger partial charge is 0.256 e. The summed E-state index contributed by atoms with van der Waals surface area (Å²) in [7, 11) is 1.63. The van der Waals surface area contributed by atoms with E-state index in [0.29, 0.717) is 12.8 Å². The molecule has 5 heteroatoms. The topological polar surface area (TPSA) is 75.4 Å². The first-order valence-electron chi connectivity index (χ1n) is 4.32. The van der Waals surface area contributed by atoms with Crippen molar-refractivity contribution in [2.24, 2.45) is 11.8 Å². The van der Waals surface area contributed by atoms with E-state index in [9.17, 15) is 9.59 Å². The number of likely N-dealkylation sites (tertiary alicyclic amines) is 1. The van der Waals surface area contributed by atoms with E-state index in [4.69, 9.17) is 5.84 Å². The maximum atomic E-state index is 11.3. The second-order valence-corrected chi connectivity index (χ2v) is 3.57. The first-order chi connectivity index (χ1) is 6.06. The third-order valence-corrected chi connectivity index (χ3v) is 2.45. The van der Waals surface area contributed by atoms with E-state index in [1.165, 1.54) is 4.90 Å². The number of nitrogens with two attached hydrogens (primary N) is 1. The van der Waals surface area contributed by atoms with Gasteiger partial charge in [0.1, 0.15) is 6.04 Å². The molecule has 13 heavy (non-hydrogen) atoms. The summed E-state index contributed by atoms with van der Waals surface area (Å²) in [6.07, 6.45) is 1.20. The van der Waals surface area contributed by atoms with Crippen LogP contribution in [-0.2, 0) is 9.59 Å². The lowest BCUT2D eigenvalue weighted by molar-refractivity contribution is -0.143. The molecule has 5 nitrogen and oxygen atoms in total. The van der Waals surface area contributed by atoms with Gasteiger partial charge in [-0.15, -0.1) is 0 Å². The highest BCUT2D eigenvalue weighted by molar-refractivity contribution is 5.88. The highest BCUT2D eigenvalue weighted by atomic mass is 16.2. The highest BCUT2D eigenvalue weighted by Crippen LogP contribution is 2.21. The number of carbonyl (C=O) groups is 2. The summed E-state index contributed by atoms with van der Waals surface area (Å²) in [5.41, 5.74) is 2.07. The van der Waals surface area contributed by atoms with Crippen LogP contribution in [-0.4, -0.2) is 29.8 Å². The summed E-state index contributed by atoms with van der Waals surface area (Å²) >= 11 is 0. The molecule has 1 aliphatic heterocycles. The predicted molar refractivity (Wildman–Crippen MR) is 47.3 cm³/mol. The normalized spacial score (nSPS) is 28.8. The zero-order chi connectivity index (χ0) is 10.0.